The summed E-state index contributed by atoms with van der Waals surface area (Å²) in [4.78, 5) is 22.5. The molecule has 2 aromatic heterocycles. The Kier molecular flexibility index (Phi) is 4.29. The average molecular weight is 393 g/mol. The summed E-state index contributed by atoms with van der Waals surface area (Å²) in [5.41, 5.74) is 0.671. The lowest BCUT2D eigenvalue weighted by molar-refractivity contribution is 0.0707. The van der Waals surface area contributed by atoms with Crippen LogP contribution >= 0.6 is 23.2 Å². The summed E-state index contributed by atoms with van der Waals surface area (Å²) in [5.74, 6) is 0.0109. The maximum atomic E-state index is 13.9. The van der Waals surface area contributed by atoms with Gasteiger partial charge in [0.15, 0.2) is 17.5 Å². The molecule has 0 atom stereocenters. The van der Waals surface area contributed by atoms with Gasteiger partial charge in [0.2, 0.25) is 0 Å². The van der Waals surface area contributed by atoms with Gasteiger partial charge in [-0.1, -0.05) is 23.2 Å². The number of nitrogens with zero attached hydrogens (tertiary/aromatic N) is 6. The van der Waals surface area contributed by atoms with Crippen molar-refractivity contribution >= 4 is 29.1 Å². The zero-order valence-electron chi connectivity index (χ0n) is 13.2. The molecule has 0 unspecified atom stereocenters. The summed E-state index contributed by atoms with van der Waals surface area (Å²) in [6.07, 6.45) is 4.75. The summed E-state index contributed by atoms with van der Waals surface area (Å²) < 4.78 is 15.8. The molecular formula is C16H11Cl2FN6O. The van der Waals surface area contributed by atoms with Gasteiger partial charge in [0.25, 0.3) is 5.91 Å². The van der Waals surface area contributed by atoms with Gasteiger partial charge in [0, 0.05) is 25.5 Å². The highest BCUT2D eigenvalue weighted by atomic mass is 35.5. The molecule has 26 heavy (non-hydrogen) atoms. The fourth-order valence-electron chi connectivity index (χ4n) is 2.80. The number of rotatable bonds is 2. The summed E-state index contributed by atoms with van der Waals surface area (Å²) in [6.45, 7) is 1.11. The van der Waals surface area contributed by atoms with E-state index in [1.165, 1.54) is 12.1 Å². The largest absolute Gasteiger partial charge is 0.329 e. The molecule has 0 aliphatic carbocycles. The van der Waals surface area contributed by atoms with E-state index >= 15 is 0 Å². The first kappa shape index (κ1) is 16.9. The van der Waals surface area contributed by atoms with Crippen LogP contribution in [0.4, 0.5) is 4.39 Å². The topological polar surface area (TPSA) is 76.8 Å². The monoisotopic (exact) mass is 392 g/mol. The van der Waals surface area contributed by atoms with Gasteiger partial charge in [-0.3, -0.25) is 9.78 Å². The molecule has 4 rings (SSSR count). The second-order valence-electron chi connectivity index (χ2n) is 5.63. The lowest BCUT2D eigenvalue weighted by atomic mass is 10.1. The molecule has 1 aliphatic heterocycles. The molecule has 0 saturated heterocycles. The van der Waals surface area contributed by atoms with Crippen LogP contribution in [0.5, 0.6) is 0 Å². The molecule has 10 heteroatoms. The van der Waals surface area contributed by atoms with Gasteiger partial charge in [-0.05, 0) is 12.1 Å². The van der Waals surface area contributed by atoms with Crippen LogP contribution in [0.3, 0.4) is 0 Å². The average Bonchev–Trinajstić information content (AvgIpc) is 3.09. The SMILES string of the molecule is O=C(c1ccc(Cl)c(F)c1Cl)N1CCn2c(nnc2-c2cnccn2)C1. The molecule has 0 N–H and O–H groups in total. The Labute approximate surface area is 157 Å². The van der Waals surface area contributed by atoms with Crippen molar-refractivity contribution in [3.8, 4) is 11.5 Å². The van der Waals surface area contributed by atoms with Crippen LogP contribution in [0.25, 0.3) is 11.5 Å². The van der Waals surface area contributed by atoms with Crippen LogP contribution < -0.4 is 0 Å². The molecule has 1 amide bonds. The normalized spacial score (nSPS) is 13.6. The summed E-state index contributed by atoms with van der Waals surface area (Å²) >= 11 is 11.6. The van der Waals surface area contributed by atoms with Gasteiger partial charge < -0.3 is 9.47 Å². The predicted molar refractivity (Wildman–Crippen MR) is 92.2 cm³/mol. The van der Waals surface area contributed by atoms with Crippen molar-refractivity contribution < 1.29 is 9.18 Å². The zero-order chi connectivity index (χ0) is 18.3. The smallest absolute Gasteiger partial charge is 0.255 e. The van der Waals surface area contributed by atoms with E-state index in [4.69, 9.17) is 23.2 Å². The second-order valence-corrected chi connectivity index (χ2v) is 6.42. The van der Waals surface area contributed by atoms with Crippen LogP contribution in [-0.2, 0) is 13.1 Å². The number of benzene rings is 1. The van der Waals surface area contributed by atoms with Crippen LogP contribution in [-0.4, -0.2) is 42.1 Å². The third-order valence-electron chi connectivity index (χ3n) is 4.10. The van der Waals surface area contributed by atoms with Crippen LogP contribution in [0, 0.1) is 5.82 Å². The minimum atomic E-state index is -0.802. The van der Waals surface area contributed by atoms with Crippen molar-refractivity contribution in [2.75, 3.05) is 6.54 Å². The number of hydrogen-bond donors (Lipinski definition) is 0. The molecule has 0 radical (unpaired) electrons. The van der Waals surface area contributed by atoms with E-state index in [9.17, 15) is 9.18 Å². The fourth-order valence-corrected chi connectivity index (χ4v) is 3.25. The van der Waals surface area contributed by atoms with E-state index in [0.717, 1.165) is 0 Å². The molecule has 0 bridgehead atoms. The predicted octanol–water partition coefficient (Wildman–Crippen LogP) is 2.84. The molecule has 3 heterocycles. The third kappa shape index (κ3) is 2.81. The minimum Gasteiger partial charge on any atom is -0.329 e. The number of aromatic nitrogens is 5. The molecule has 0 spiro atoms. The van der Waals surface area contributed by atoms with Crippen molar-refractivity contribution in [2.45, 2.75) is 13.1 Å². The van der Waals surface area contributed by atoms with E-state index in [0.29, 0.717) is 30.4 Å². The van der Waals surface area contributed by atoms with Crippen molar-refractivity contribution in [2.24, 2.45) is 0 Å². The highest BCUT2D eigenvalue weighted by Crippen LogP contribution is 2.28. The molecule has 1 aromatic carbocycles. The van der Waals surface area contributed by atoms with Gasteiger partial charge in [-0.15, -0.1) is 10.2 Å². The molecule has 0 fully saturated rings. The Hall–Kier alpha value is -2.58. The van der Waals surface area contributed by atoms with Gasteiger partial charge in [-0.25, -0.2) is 9.37 Å². The molecular weight excluding hydrogens is 382 g/mol. The number of halogens is 3. The summed E-state index contributed by atoms with van der Waals surface area (Å²) in [7, 11) is 0. The number of carbonyl (C=O) groups excluding carboxylic acids is 1. The highest BCUT2D eigenvalue weighted by molar-refractivity contribution is 6.37. The maximum Gasteiger partial charge on any atom is 0.255 e. The van der Waals surface area contributed by atoms with Crippen LogP contribution in [0.15, 0.2) is 30.7 Å². The Morgan fingerprint density at radius 2 is 2.00 bits per heavy atom. The summed E-state index contributed by atoms with van der Waals surface area (Å²) in [6, 6.07) is 2.73. The van der Waals surface area contributed by atoms with Gasteiger partial charge >= 0.3 is 0 Å². The molecule has 132 valence electrons. The molecule has 7 nitrogen and oxygen atoms in total. The first-order chi connectivity index (χ1) is 12.6. The van der Waals surface area contributed by atoms with Gasteiger partial charge in [0.1, 0.15) is 5.69 Å². The van der Waals surface area contributed by atoms with Crippen LogP contribution in [0.1, 0.15) is 16.2 Å². The van der Waals surface area contributed by atoms with Crippen molar-refractivity contribution in [3.05, 3.63) is 58.0 Å². The Morgan fingerprint density at radius 1 is 1.15 bits per heavy atom. The third-order valence-corrected chi connectivity index (χ3v) is 4.76. The molecule has 1 aliphatic rings. The Morgan fingerprint density at radius 3 is 2.77 bits per heavy atom. The lowest BCUT2D eigenvalue weighted by Gasteiger charge is -2.28. The standard InChI is InChI=1S/C16H11Cl2FN6O/c17-10-2-1-9(13(18)14(10)19)16(26)24-5-6-25-12(8-24)22-23-15(25)11-7-20-3-4-21-11/h1-4,7H,5-6,8H2. The highest BCUT2D eigenvalue weighted by Gasteiger charge is 2.28. The van der Waals surface area contributed by atoms with E-state index in [1.54, 1.807) is 23.5 Å². The number of carbonyl (C=O) groups is 1. The number of amides is 1. The van der Waals surface area contributed by atoms with Crippen molar-refractivity contribution in [1.82, 2.24) is 29.6 Å². The number of fused-ring (bicyclic) bond motifs is 1. The lowest BCUT2D eigenvalue weighted by Crippen LogP contribution is -2.38. The maximum absolute atomic E-state index is 13.9. The van der Waals surface area contributed by atoms with Gasteiger partial charge in [-0.2, -0.15) is 0 Å². The van der Waals surface area contributed by atoms with E-state index in [1.807, 2.05) is 4.57 Å². The minimum absolute atomic E-state index is 0.0654. The van der Waals surface area contributed by atoms with E-state index < -0.39 is 5.82 Å². The second kappa shape index (κ2) is 6.62. The molecule has 3 aromatic rings. The van der Waals surface area contributed by atoms with E-state index in [2.05, 4.69) is 20.2 Å². The first-order valence-corrected chi connectivity index (χ1v) is 8.43. The zero-order valence-corrected chi connectivity index (χ0v) is 14.7. The Balaban J connectivity index is 1.61. The van der Waals surface area contributed by atoms with Crippen LogP contribution in [0.2, 0.25) is 10.0 Å². The van der Waals surface area contributed by atoms with Crippen molar-refractivity contribution in [3.63, 3.8) is 0 Å². The van der Waals surface area contributed by atoms with Gasteiger partial charge in [0.05, 0.1) is 28.4 Å². The van der Waals surface area contributed by atoms with E-state index in [-0.39, 0.29) is 28.1 Å². The summed E-state index contributed by atoms with van der Waals surface area (Å²) in [5, 5.41) is 7.87. The quantitative estimate of drug-likeness (QED) is 0.626. The Bertz CT molecular complexity index is 994. The van der Waals surface area contributed by atoms with Crippen molar-refractivity contribution in [1.29, 1.82) is 0 Å². The fraction of sp³-hybridized carbons (Fsp3) is 0.188. The molecule has 0 saturated carbocycles. The number of hydrogen-bond acceptors (Lipinski definition) is 5. The first-order valence-electron chi connectivity index (χ1n) is 7.67.